The molecular formula is C9H15F3O2. The minimum Gasteiger partial charge on any atom is -0.462 e. The van der Waals surface area contributed by atoms with Gasteiger partial charge >= 0.3 is 12.1 Å². The fourth-order valence-corrected chi connectivity index (χ4v) is 0.623. The highest BCUT2D eigenvalue weighted by molar-refractivity contribution is 4.81. The summed E-state index contributed by atoms with van der Waals surface area (Å²) in [6, 6.07) is -1.84. The van der Waals surface area contributed by atoms with Crippen LogP contribution in [0.15, 0.2) is 12.1 Å². The maximum absolute atomic E-state index is 12.2. The average molecular weight is 212 g/mol. The predicted molar refractivity (Wildman–Crippen MR) is 46.6 cm³/mol. The molecule has 0 radical (unpaired) electrons. The highest BCUT2D eigenvalue weighted by Crippen LogP contribution is 2.14. The van der Waals surface area contributed by atoms with Crippen molar-refractivity contribution in [3.05, 3.63) is 12.1 Å². The summed E-state index contributed by atoms with van der Waals surface area (Å²) in [6.45, 7) is 6.93. The summed E-state index contributed by atoms with van der Waals surface area (Å²) < 4.78 is 44.9. The molecule has 0 aliphatic carbocycles. The molecule has 0 aromatic heterocycles. The van der Waals surface area contributed by atoms with Gasteiger partial charge in [0.2, 0.25) is 0 Å². The molecule has 0 amide bonds. The Morgan fingerprint density at radius 2 is 1.71 bits per heavy atom. The van der Waals surface area contributed by atoms with Crippen LogP contribution in [0, 0.1) is 0 Å². The van der Waals surface area contributed by atoms with Crippen molar-refractivity contribution in [3.8, 4) is 0 Å². The Balaban J connectivity index is 3.89. The van der Waals surface area contributed by atoms with Crippen molar-refractivity contribution in [2.45, 2.75) is 39.4 Å². The van der Waals surface area contributed by atoms with Gasteiger partial charge in [-0.25, -0.2) is 0 Å². The summed E-state index contributed by atoms with van der Waals surface area (Å²) in [6.07, 6.45) is -3.19. The summed E-state index contributed by atoms with van der Waals surface area (Å²) in [5.74, 6) is 0. The van der Waals surface area contributed by atoms with Crippen LogP contribution >= 0.6 is 0 Å². The third-order valence-corrected chi connectivity index (χ3v) is 1.20. The molecule has 0 bridgehead atoms. The first-order valence-electron chi connectivity index (χ1n) is 4.24. The second-order valence-electron chi connectivity index (χ2n) is 3.89. The number of hydrogen-bond donors (Lipinski definition) is 0. The molecule has 0 heterocycles. The van der Waals surface area contributed by atoms with Crippen LogP contribution in [0.1, 0.15) is 27.7 Å². The third-order valence-electron chi connectivity index (χ3n) is 1.20. The van der Waals surface area contributed by atoms with Crippen molar-refractivity contribution in [1.29, 1.82) is 0 Å². The fraction of sp³-hybridized carbons (Fsp3) is 0.778. The standard InChI is InChI=1S/C9H15F3O2/c1-6(5-13-9(2,3)4)14-8(12)7(10)11/h6H,5H2,1-4H3. The molecule has 0 spiro atoms. The van der Waals surface area contributed by atoms with Crippen molar-refractivity contribution in [2.24, 2.45) is 0 Å². The molecule has 0 aromatic carbocycles. The summed E-state index contributed by atoms with van der Waals surface area (Å²) in [5.41, 5.74) is -0.397. The van der Waals surface area contributed by atoms with E-state index in [9.17, 15) is 13.2 Å². The molecule has 0 aromatic rings. The fourth-order valence-electron chi connectivity index (χ4n) is 0.623. The third kappa shape index (κ3) is 6.77. The molecule has 5 heteroatoms. The van der Waals surface area contributed by atoms with E-state index < -0.39 is 23.8 Å². The Morgan fingerprint density at radius 1 is 1.21 bits per heavy atom. The monoisotopic (exact) mass is 212 g/mol. The van der Waals surface area contributed by atoms with Crippen molar-refractivity contribution >= 4 is 0 Å². The van der Waals surface area contributed by atoms with Crippen LogP contribution in [0.5, 0.6) is 0 Å². The van der Waals surface area contributed by atoms with Crippen LogP contribution in [-0.2, 0) is 9.47 Å². The van der Waals surface area contributed by atoms with E-state index in [1.165, 1.54) is 6.92 Å². The Hall–Kier alpha value is -0.710. The summed E-state index contributed by atoms with van der Waals surface area (Å²) >= 11 is 0. The van der Waals surface area contributed by atoms with Gasteiger partial charge in [-0.1, -0.05) is 0 Å². The van der Waals surface area contributed by atoms with Crippen LogP contribution in [0.4, 0.5) is 13.2 Å². The zero-order valence-corrected chi connectivity index (χ0v) is 8.73. The largest absolute Gasteiger partial charge is 0.462 e. The zero-order valence-electron chi connectivity index (χ0n) is 8.73. The van der Waals surface area contributed by atoms with Crippen LogP contribution < -0.4 is 0 Å². The van der Waals surface area contributed by atoms with Crippen LogP contribution in [0.25, 0.3) is 0 Å². The molecule has 0 saturated carbocycles. The smallest absolute Gasteiger partial charge is 0.342 e. The lowest BCUT2D eigenvalue weighted by atomic mass is 10.2. The van der Waals surface area contributed by atoms with Gasteiger partial charge in [0.05, 0.1) is 12.2 Å². The van der Waals surface area contributed by atoms with Crippen LogP contribution in [0.2, 0.25) is 0 Å². The lowest BCUT2D eigenvalue weighted by Gasteiger charge is -2.22. The molecule has 0 aliphatic heterocycles. The van der Waals surface area contributed by atoms with Gasteiger partial charge in [-0.15, -0.1) is 0 Å². The summed E-state index contributed by atoms with van der Waals surface area (Å²) in [5, 5.41) is 0. The number of rotatable bonds is 4. The van der Waals surface area contributed by atoms with Crippen molar-refractivity contribution in [2.75, 3.05) is 6.61 Å². The van der Waals surface area contributed by atoms with Gasteiger partial charge in [0, 0.05) is 0 Å². The van der Waals surface area contributed by atoms with E-state index in [1.54, 1.807) is 0 Å². The van der Waals surface area contributed by atoms with Crippen molar-refractivity contribution in [1.82, 2.24) is 0 Å². The predicted octanol–water partition coefficient (Wildman–Crippen LogP) is 3.24. The Labute approximate surface area is 81.7 Å². The molecule has 14 heavy (non-hydrogen) atoms. The van der Waals surface area contributed by atoms with Gasteiger partial charge in [-0.3, -0.25) is 0 Å². The second kappa shape index (κ2) is 5.24. The average Bonchev–Trinajstić information content (AvgIpc) is 1.99. The molecule has 2 nitrogen and oxygen atoms in total. The quantitative estimate of drug-likeness (QED) is 0.666. The van der Waals surface area contributed by atoms with Gasteiger partial charge in [-0.2, -0.15) is 13.2 Å². The Kier molecular flexibility index (Phi) is 4.97. The normalized spacial score (nSPS) is 13.6. The first-order valence-corrected chi connectivity index (χ1v) is 4.24. The summed E-state index contributed by atoms with van der Waals surface area (Å²) in [7, 11) is 0. The SMILES string of the molecule is CC(COC(C)(C)C)OC(F)=C(F)F. The zero-order chi connectivity index (χ0) is 11.4. The lowest BCUT2D eigenvalue weighted by Crippen LogP contribution is -2.25. The lowest BCUT2D eigenvalue weighted by molar-refractivity contribution is -0.0632. The molecule has 1 unspecified atom stereocenters. The molecule has 0 aliphatic rings. The Bertz CT molecular complexity index is 205. The van der Waals surface area contributed by atoms with Gasteiger partial charge in [-0.05, 0) is 27.7 Å². The van der Waals surface area contributed by atoms with E-state index in [4.69, 9.17) is 4.74 Å². The van der Waals surface area contributed by atoms with Crippen LogP contribution in [0.3, 0.4) is 0 Å². The molecule has 0 N–H and O–H groups in total. The van der Waals surface area contributed by atoms with Gasteiger partial charge in [0.1, 0.15) is 6.10 Å². The molecule has 84 valence electrons. The molecule has 1 atom stereocenters. The number of hydrogen-bond acceptors (Lipinski definition) is 2. The minimum absolute atomic E-state index is 0.0597. The molecule has 0 saturated heterocycles. The Morgan fingerprint density at radius 3 is 2.07 bits per heavy atom. The highest BCUT2D eigenvalue weighted by Gasteiger charge is 2.16. The number of ether oxygens (including phenoxy) is 2. The van der Waals surface area contributed by atoms with E-state index in [-0.39, 0.29) is 6.61 Å². The first kappa shape index (κ1) is 13.3. The van der Waals surface area contributed by atoms with E-state index in [1.807, 2.05) is 20.8 Å². The molecular weight excluding hydrogens is 197 g/mol. The molecule has 0 rings (SSSR count). The second-order valence-corrected chi connectivity index (χ2v) is 3.89. The van der Waals surface area contributed by atoms with E-state index in [2.05, 4.69) is 4.74 Å². The van der Waals surface area contributed by atoms with E-state index >= 15 is 0 Å². The topological polar surface area (TPSA) is 18.5 Å². The van der Waals surface area contributed by atoms with E-state index in [0.29, 0.717) is 0 Å². The maximum atomic E-state index is 12.2. The van der Waals surface area contributed by atoms with Gasteiger partial charge in [0.15, 0.2) is 0 Å². The van der Waals surface area contributed by atoms with Crippen LogP contribution in [-0.4, -0.2) is 18.3 Å². The summed E-state index contributed by atoms with van der Waals surface area (Å²) in [4.78, 5) is 0. The van der Waals surface area contributed by atoms with E-state index in [0.717, 1.165) is 0 Å². The van der Waals surface area contributed by atoms with Gasteiger partial charge < -0.3 is 9.47 Å². The molecule has 0 fully saturated rings. The first-order chi connectivity index (χ1) is 6.22. The number of halogens is 3. The van der Waals surface area contributed by atoms with Gasteiger partial charge in [0.25, 0.3) is 0 Å². The minimum atomic E-state index is -2.45. The highest BCUT2D eigenvalue weighted by atomic mass is 19.3. The van der Waals surface area contributed by atoms with Crippen molar-refractivity contribution in [3.63, 3.8) is 0 Å². The maximum Gasteiger partial charge on any atom is 0.342 e. The van der Waals surface area contributed by atoms with Crippen molar-refractivity contribution < 1.29 is 22.6 Å².